The summed E-state index contributed by atoms with van der Waals surface area (Å²) in [6.45, 7) is 0.00833. The number of sulfonamides is 1. The largest absolute Gasteiger partial charge is 0.476 e. The van der Waals surface area contributed by atoms with E-state index in [9.17, 15) is 13.2 Å². The van der Waals surface area contributed by atoms with E-state index in [1.165, 1.54) is 23.6 Å². The minimum Gasteiger partial charge on any atom is -0.476 e. The molecule has 0 aromatic heterocycles. The van der Waals surface area contributed by atoms with Crippen molar-refractivity contribution in [2.45, 2.75) is 57.1 Å². The van der Waals surface area contributed by atoms with Gasteiger partial charge in [0.1, 0.15) is 5.75 Å². The van der Waals surface area contributed by atoms with Crippen LogP contribution in [-0.4, -0.2) is 39.3 Å². The van der Waals surface area contributed by atoms with Crippen molar-refractivity contribution < 1.29 is 17.9 Å². The molecule has 1 fully saturated rings. The van der Waals surface area contributed by atoms with Crippen LogP contribution >= 0.6 is 0 Å². The average molecular weight is 366 g/mol. The highest BCUT2D eigenvalue weighted by Gasteiger charge is 2.35. The van der Waals surface area contributed by atoms with Gasteiger partial charge >= 0.3 is 0 Å². The lowest BCUT2D eigenvalue weighted by Crippen LogP contribution is -2.52. The lowest BCUT2D eigenvalue weighted by Gasteiger charge is -2.34. The fourth-order valence-electron chi connectivity index (χ4n) is 3.55. The summed E-state index contributed by atoms with van der Waals surface area (Å²) >= 11 is 0. The number of ether oxygens (including phenoxy) is 1. The molecular formula is C18H26N2O4S. The molecule has 0 spiro atoms. The second-order valence-corrected chi connectivity index (χ2v) is 8.83. The Bertz CT molecular complexity index is 712. The van der Waals surface area contributed by atoms with Crippen molar-refractivity contribution in [3.8, 4) is 5.75 Å². The third-order valence-electron chi connectivity index (χ3n) is 4.88. The van der Waals surface area contributed by atoms with Gasteiger partial charge in [-0.2, -0.15) is 0 Å². The van der Waals surface area contributed by atoms with Crippen LogP contribution in [0.4, 0.5) is 5.69 Å². The quantitative estimate of drug-likeness (QED) is 0.891. The Labute approximate surface area is 149 Å². The monoisotopic (exact) mass is 366 g/mol. The Kier molecular flexibility index (Phi) is 5.51. The van der Waals surface area contributed by atoms with Crippen LogP contribution in [0.15, 0.2) is 24.3 Å². The van der Waals surface area contributed by atoms with Crippen LogP contribution < -0.4 is 14.4 Å². The molecule has 6 nitrogen and oxygen atoms in total. The molecule has 1 N–H and O–H groups in total. The first kappa shape index (κ1) is 18.0. The third-order valence-corrected chi connectivity index (χ3v) is 6.03. The predicted molar refractivity (Wildman–Crippen MR) is 97.3 cm³/mol. The van der Waals surface area contributed by atoms with E-state index < -0.39 is 16.1 Å². The van der Waals surface area contributed by atoms with Gasteiger partial charge < -0.3 is 10.1 Å². The first-order valence-corrected chi connectivity index (χ1v) is 10.8. The van der Waals surface area contributed by atoms with E-state index in [1.54, 1.807) is 24.3 Å². The van der Waals surface area contributed by atoms with E-state index >= 15 is 0 Å². The Balaban J connectivity index is 1.73. The second-order valence-electron chi connectivity index (χ2n) is 6.92. The number of nitrogens with zero attached hydrogens (tertiary/aromatic N) is 1. The van der Waals surface area contributed by atoms with Gasteiger partial charge in [-0.15, -0.1) is 0 Å². The first-order chi connectivity index (χ1) is 11.9. The van der Waals surface area contributed by atoms with Gasteiger partial charge in [0.05, 0.1) is 18.5 Å². The zero-order valence-electron chi connectivity index (χ0n) is 14.6. The summed E-state index contributed by atoms with van der Waals surface area (Å²) in [6.07, 6.45) is 8.21. The van der Waals surface area contributed by atoms with E-state index in [1.807, 2.05) is 0 Å². The van der Waals surface area contributed by atoms with Gasteiger partial charge in [-0.1, -0.05) is 44.2 Å². The maximum Gasteiger partial charge on any atom is 0.263 e. The van der Waals surface area contributed by atoms with E-state index in [0.29, 0.717) is 11.4 Å². The van der Waals surface area contributed by atoms with Crippen molar-refractivity contribution in [2.75, 3.05) is 17.1 Å². The molecule has 138 valence electrons. The zero-order valence-corrected chi connectivity index (χ0v) is 15.4. The molecule has 25 heavy (non-hydrogen) atoms. The molecule has 1 atom stereocenters. The number of benzene rings is 1. The number of fused-ring (bicyclic) bond motifs is 1. The van der Waals surface area contributed by atoms with Crippen LogP contribution in [0.3, 0.4) is 0 Å². The summed E-state index contributed by atoms with van der Waals surface area (Å²) in [5.74, 6) is 0.200. The van der Waals surface area contributed by atoms with Crippen molar-refractivity contribution in [2.24, 2.45) is 0 Å². The molecule has 1 aromatic rings. The third kappa shape index (κ3) is 4.45. The minimum atomic E-state index is -3.48. The standard InChI is InChI=1S/C18H26N2O4S/c1-25(22,23)20-13-17(24-16-12-8-7-11-15(16)20)18(21)19-14-9-5-3-2-4-6-10-14/h7-8,11-12,14,17H,2-6,9-10,13H2,1H3,(H,19,21)/t17-/m1/s1. The Morgan fingerprint density at radius 2 is 1.76 bits per heavy atom. The molecule has 1 aliphatic heterocycles. The highest BCUT2D eigenvalue weighted by atomic mass is 32.2. The van der Waals surface area contributed by atoms with Crippen LogP contribution in [0.1, 0.15) is 44.9 Å². The van der Waals surface area contributed by atoms with E-state index in [4.69, 9.17) is 4.74 Å². The second kappa shape index (κ2) is 7.64. The lowest BCUT2D eigenvalue weighted by molar-refractivity contribution is -0.128. The Morgan fingerprint density at radius 3 is 2.44 bits per heavy atom. The molecule has 1 amide bonds. The van der Waals surface area contributed by atoms with Crippen molar-refractivity contribution in [3.63, 3.8) is 0 Å². The highest BCUT2D eigenvalue weighted by molar-refractivity contribution is 7.92. The van der Waals surface area contributed by atoms with Crippen molar-refractivity contribution in [3.05, 3.63) is 24.3 Å². The number of hydrogen-bond acceptors (Lipinski definition) is 4. The number of hydrogen-bond donors (Lipinski definition) is 1. The molecular weight excluding hydrogens is 340 g/mol. The number of amides is 1. The van der Waals surface area contributed by atoms with Gasteiger partial charge in [-0.05, 0) is 25.0 Å². The molecule has 2 aliphatic rings. The van der Waals surface area contributed by atoms with Crippen molar-refractivity contribution in [1.29, 1.82) is 0 Å². The van der Waals surface area contributed by atoms with E-state index in [0.717, 1.165) is 31.9 Å². The number of rotatable bonds is 3. The Hall–Kier alpha value is -1.76. The maximum atomic E-state index is 12.7. The van der Waals surface area contributed by atoms with Gasteiger partial charge in [0.25, 0.3) is 5.91 Å². The molecule has 0 saturated heterocycles. The zero-order chi connectivity index (χ0) is 17.9. The number of nitrogens with one attached hydrogen (secondary N) is 1. The molecule has 0 radical (unpaired) electrons. The molecule has 3 rings (SSSR count). The molecule has 0 unspecified atom stereocenters. The first-order valence-electron chi connectivity index (χ1n) is 8.99. The lowest BCUT2D eigenvalue weighted by atomic mass is 9.96. The van der Waals surface area contributed by atoms with E-state index in [-0.39, 0.29) is 18.5 Å². The van der Waals surface area contributed by atoms with Gasteiger partial charge in [0.15, 0.2) is 6.10 Å². The van der Waals surface area contributed by atoms with Crippen molar-refractivity contribution in [1.82, 2.24) is 5.32 Å². The number of anilines is 1. The minimum absolute atomic E-state index is 0.00833. The average Bonchev–Trinajstić information content (AvgIpc) is 2.55. The molecule has 1 aromatic carbocycles. The number of carbonyl (C=O) groups excluding carboxylic acids is 1. The summed E-state index contributed by atoms with van der Waals surface area (Å²) in [4.78, 5) is 12.7. The van der Waals surface area contributed by atoms with Gasteiger partial charge in [0.2, 0.25) is 10.0 Å². The fraction of sp³-hybridized carbons (Fsp3) is 0.611. The van der Waals surface area contributed by atoms with Crippen LogP contribution in [0, 0.1) is 0 Å². The van der Waals surface area contributed by atoms with Crippen LogP contribution in [0.25, 0.3) is 0 Å². The summed E-state index contributed by atoms with van der Waals surface area (Å²) < 4.78 is 31.3. The molecule has 7 heteroatoms. The topological polar surface area (TPSA) is 75.7 Å². The SMILES string of the molecule is CS(=O)(=O)N1C[C@H](C(=O)NC2CCCCCCC2)Oc2ccccc21. The Morgan fingerprint density at radius 1 is 1.12 bits per heavy atom. The smallest absolute Gasteiger partial charge is 0.263 e. The van der Waals surface area contributed by atoms with Crippen LogP contribution in [0.5, 0.6) is 5.75 Å². The number of carbonyl (C=O) groups is 1. The van der Waals surface area contributed by atoms with Crippen LogP contribution in [0.2, 0.25) is 0 Å². The number of para-hydroxylation sites is 2. The molecule has 0 bridgehead atoms. The van der Waals surface area contributed by atoms with E-state index in [2.05, 4.69) is 5.32 Å². The summed E-state index contributed by atoms with van der Waals surface area (Å²) in [5, 5.41) is 3.07. The van der Waals surface area contributed by atoms with Gasteiger partial charge in [-0.3, -0.25) is 9.10 Å². The summed E-state index contributed by atoms with van der Waals surface area (Å²) in [5.41, 5.74) is 0.486. The van der Waals surface area contributed by atoms with Gasteiger partial charge in [0, 0.05) is 6.04 Å². The van der Waals surface area contributed by atoms with Gasteiger partial charge in [-0.25, -0.2) is 8.42 Å². The summed E-state index contributed by atoms with van der Waals surface area (Å²) in [7, 11) is -3.48. The molecule has 1 heterocycles. The normalized spacial score (nSPS) is 22.3. The highest BCUT2D eigenvalue weighted by Crippen LogP contribution is 2.34. The fourth-order valence-corrected chi connectivity index (χ4v) is 4.46. The van der Waals surface area contributed by atoms with Crippen molar-refractivity contribution >= 4 is 21.6 Å². The maximum absolute atomic E-state index is 12.7. The predicted octanol–water partition coefficient (Wildman–Crippen LogP) is 2.44. The van der Waals surface area contributed by atoms with Crippen LogP contribution in [-0.2, 0) is 14.8 Å². The summed E-state index contributed by atoms with van der Waals surface area (Å²) in [6, 6.07) is 7.08. The molecule has 1 saturated carbocycles. The molecule has 1 aliphatic carbocycles.